The molecule has 0 amide bonds. The molecule has 0 spiro atoms. The summed E-state index contributed by atoms with van der Waals surface area (Å²) in [5.41, 5.74) is 0. The van der Waals surface area contributed by atoms with Gasteiger partial charge >= 0.3 is 0 Å². The van der Waals surface area contributed by atoms with Gasteiger partial charge in [-0.3, -0.25) is 0 Å². The summed E-state index contributed by atoms with van der Waals surface area (Å²) in [5, 5.41) is 0.632. The molecule has 0 bridgehead atoms. The third kappa shape index (κ3) is 3.38. The molecule has 3 atom stereocenters. The molecular weight excluding hydrogens is 216 g/mol. The van der Waals surface area contributed by atoms with E-state index in [0.717, 1.165) is 11.8 Å². The van der Waals surface area contributed by atoms with Crippen molar-refractivity contribution in [3.8, 4) is 0 Å². The van der Waals surface area contributed by atoms with Crippen molar-refractivity contribution in [3.05, 3.63) is 0 Å². The molecule has 3 heteroatoms. The molecule has 0 N–H and O–H groups in total. The van der Waals surface area contributed by atoms with E-state index in [1.54, 1.807) is 0 Å². The van der Waals surface area contributed by atoms with Gasteiger partial charge < -0.3 is 9.80 Å². The first kappa shape index (κ1) is 12.7. The summed E-state index contributed by atoms with van der Waals surface area (Å²) >= 11 is 4.55. The first-order valence-corrected chi connectivity index (χ1v) is 7.25. The SMILES string of the molecule is CC(CCN1CC[C@H](S)C1)[C@@H]1CCN(C)C1. The molecule has 0 aromatic heterocycles. The van der Waals surface area contributed by atoms with Crippen molar-refractivity contribution in [3.63, 3.8) is 0 Å². The normalized spacial score (nSPS) is 34.7. The summed E-state index contributed by atoms with van der Waals surface area (Å²) in [4.78, 5) is 5.06. The zero-order chi connectivity index (χ0) is 11.5. The number of likely N-dealkylation sites (tertiary alicyclic amines) is 2. The average Bonchev–Trinajstić information content (AvgIpc) is 2.84. The smallest absolute Gasteiger partial charge is 0.0156 e. The second-order valence-corrected chi connectivity index (χ2v) is 6.55. The van der Waals surface area contributed by atoms with E-state index in [-0.39, 0.29) is 0 Å². The van der Waals surface area contributed by atoms with Crippen LogP contribution in [-0.2, 0) is 0 Å². The molecule has 0 aromatic carbocycles. The molecule has 16 heavy (non-hydrogen) atoms. The quantitative estimate of drug-likeness (QED) is 0.753. The summed E-state index contributed by atoms with van der Waals surface area (Å²) < 4.78 is 0. The van der Waals surface area contributed by atoms with Crippen LogP contribution in [0.1, 0.15) is 26.2 Å². The minimum absolute atomic E-state index is 0.632. The van der Waals surface area contributed by atoms with Gasteiger partial charge in [-0.2, -0.15) is 12.6 Å². The van der Waals surface area contributed by atoms with E-state index in [9.17, 15) is 0 Å². The maximum absolute atomic E-state index is 4.55. The first-order valence-electron chi connectivity index (χ1n) is 6.74. The third-order valence-electron chi connectivity index (χ3n) is 4.38. The van der Waals surface area contributed by atoms with E-state index in [1.807, 2.05) is 0 Å². The van der Waals surface area contributed by atoms with Crippen molar-refractivity contribution in [2.75, 3.05) is 39.8 Å². The summed E-state index contributed by atoms with van der Waals surface area (Å²) in [7, 11) is 2.25. The fourth-order valence-electron chi connectivity index (χ4n) is 3.07. The maximum Gasteiger partial charge on any atom is 0.0156 e. The van der Waals surface area contributed by atoms with Gasteiger partial charge in [-0.15, -0.1) is 0 Å². The summed E-state index contributed by atoms with van der Waals surface area (Å²) in [6.07, 6.45) is 4.07. The van der Waals surface area contributed by atoms with Crippen LogP contribution in [0.25, 0.3) is 0 Å². The Morgan fingerprint density at radius 3 is 2.62 bits per heavy atom. The lowest BCUT2D eigenvalue weighted by atomic mass is 9.90. The Kier molecular flexibility index (Phi) is 4.57. The Morgan fingerprint density at radius 1 is 1.25 bits per heavy atom. The van der Waals surface area contributed by atoms with Gasteiger partial charge in [0.15, 0.2) is 0 Å². The van der Waals surface area contributed by atoms with Crippen LogP contribution in [0.4, 0.5) is 0 Å². The molecule has 0 aliphatic carbocycles. The van der Waals surface area contributed by atoms with Crippen molar-refractivity contribution in [1.29, 1.82) is 0 Å². The number of hydrogen-bond donors (Lipinski definition) is 1. The lowest BCUT2D eigenvalue weighted by Gasteiger charge is -2.22. The van der Waals surface area contributed by atoms with Crippen LogP contribution in [0.2, 0.25) is 0 Å². The third-order valence-corrected chi connectivity index (χ3v) is 4.80. The average molecular weight is 242 g/mol. The van der Waals surface area contributed by atoms with Gasteiger partial charge in [0.05, 0.1) is 0 Å². The van der Waals surface area contributed by atoms with Crippen molar-refractivity contribution in [1.82, 2.24) is 9.80 Å². The molecule has 2 rings (SSSR count). The van der Waals surface area contributed by atoms with E-state index in [4.69, 9.17) is 0 Å². The molecule has 0 saturated carbocycles. The van der Waals surface area contributed by atoms with Crippen molar-refractivity contribution in [2.24, 2.45) is 11.8 Å². The second-order valence-electron chi connectivity index (χ2n) is 5.82. The minimum atomic E-state index is 0.632. The molecule has 94 valence electrons. The first-order chi connectivity index (χ1) is 7.65. The molecule has 2 heterocycles. The van der Waals surface area contributed by atoms with E-state index in [0.29, 0.717) is 5.25 Å². The number of hydrogen-bond acceptors (Lipinski definition) is 3. The largest absolute Gasteiger partial charge is 0.306 e. The Bertz CT molecular complexity index is 222. The molecule has 0 radical (unpaired) electrons. The molecule has 2 fully saturated rings. The molecule has 2 aliphatic heterocycles. The van der Waals surface area contributed by atoms with Crippen molar-refractivity contribution < 1.29 is 0 Å². The van der Waals surface area contributed by atoms with Crippen LogP contribution in [0.5, 0.6) is 0 Å². The summed E-state index contributed by atoms with van der Waals surface area (Å²) in [5.74, 6) is 1.84. The molecule has 2 saturated heterocycles. The Balaban J connectivity index is 1.65. The fraction of sp³-hybridized carbons (Fsp3) is 1.00. The molecule has 2 aliphatic rings. The van der Waals surface area contributed by atoms with Gasteiger partial charge in [0.2, 0.25) is 0 Å². The fourth-order valence-corrected chi connectivity index (χ4v) is 3.42. The van der Waals surface area contributed by atoms with Gasteiger partial charge in [-0.25, -0.2) is 0 Å². The molecular formula is C13H26N2S. The number of nitrogens with zero attached hydrogens (tertiary/aromatic N) is 2. The monoisotopic (exact) mass is 242 g/mol. The molecule has 2 nitrogen and oxygen atoms in total. The zero-order valence-electron chi connectivity index (χ0n) is 10.7. The summed E-state index contributed by atoms with van der Waals surface area (Å²) in [6, 6.07) is 0. The lowest BCUT2D eigenvalue weighted by molar-refractivity contribution is 0.264. The lowest BCUT2D eigenvalue weighted by Crippen LogP contribution is -2.26. The molecule has 0 aromatic rings. The van der Waals surface area contributed by atoms with Crippen LogP contribution in [0.15, 0.2) is 0 Å². The van der Waals surface area contributed by atoms with E-state index in [2.05, 4.69) is 36.4 Å². The van der Waals surface area contributed by atoms with E-state index in [1.165, 1.54) is 52.0 Å². The maximum atomic E-state index is 4.55. The predicted octanol–water partition coefficient (Wildman–Crippen LogP) is 1.97. The highest BCUT2D eigenvalue weighted by atomic mass is 32.1. The standard InChI is InChI=1S/C13H26N2S/c1-11(12-4-6-14(2)9-12)3-7-15-8-5-13(16)10-15/h11-13,16H,3-10H2,1-2H3/t11?,12-,13+/m1/s1. The number of thiol groups is 1. The van der Waals surface area contributed by atoms with E-state index < -0.39 is 0 Å². The van der Waals surface area contributed by atoms with Crippen LogP contribution < -0.4 is 0 Å². The van der Waals surface area contributed by atoms with Crippen molar-refractivity contribution >= 4 is 12.6 Å². The molecule has 1 unspecified atom stereocenters. The van der Waals surface area contributed by atoms with Crippen LogP contribution in [0.3, 0.4) is 0 Å². The van der Waals surface area contributed by atoms with Gasteiger partial charge in [-0.05, 0) is 57.8 Å². The zero-order valence-corrected chi connectivity index (χ0v) is 11.6. The topological polar surface area (TPSA) is 6.48 Å². The van der Waals surface area contributed by atoms with Gasteiger partial charge in [-0.1, -0.05) is 6.92 Å². The van der Waals surface area contributed by atoms with Gasteiger partial charge in [0.25, 0.3) is 0 Å². The Morgan fingerprint density at radius 2 is 2.06 bits per heavy atom. The van der Waals surface area contributed by atoms with Crippen molar-refractivity contribution in [2.45, 2.75) is 31.4 Å². The number of rotatable bonds is 4. The van der Waals surface area contributed by atoms with Gasteiger partial charge in [0, 0.05) is 18.3 Å². The van der Waals surface area contributed by atoms with Crippen LogP contribution >= 0.6 is 12.6 Å². The summed E-state index contributed by atoms with van der Waals surface area (Å²) in [6.45, 7) is 8.83. The Hall–Kier alpha value is 0.270. The minimum Gasteiger partial charge on any atom is -0.306 e. The predicted molar refractivity (Wildman–Crippen MR) is 73.2 cm³/mol. The Labute approximate surface area is 106 Å². The van der Waals surface area contributed by atoms with E-state index >= 15 is 0 Å². The second kappa shape index (κ2) is 5.74. The van der Waals surface area contributed by atoms with Crippen LogP contribution in [-0.4, -0.2) is 54.8 Å². The van der Waals surface area contributed by atoms with Crippen LogP contribution in [0, 0.1) is 11.8 Å². The highest BCUT2D eigenvalue weighted by Crippen LogP contribution is 2.26. The van der Waals surface area contributed by atoms with Gasteiger partial charge in [0.1, 0.15) is 0 Å². The highest BCUT2D eigenvalue weighted by molar-refractivity contribution is 7.81. The highest BCUT2D eigenvalue weighted by Gasteiger charge is 2.26.